The Morgan fingerprint density at radius 2 is 1.97 bits per heavy atom. The summed E-state index contributed by atoms with van der Waals surface area (Å²) in [7, 11) is 0. The molecule has 4 heterocycles. The molecule has 1 aliphatic heterocycles. The molecule has 1 fully saturated rings. The molecule has 2 atom stereocenters. The number of thiazole rings is 1. The number of nitrogens with one attached hydrogen (secondary N) is 2. The Bertz CT molecular complexity index is 1390. The molecule has 0 spiro atoms. The highest BCUT2D eigenvalue weighted by atomic mass is 32.1. The van der Waals surface area contributed by atoms with E-state index in [9.17, 15) is 9.18 Å². The minimum atomic E-state index is -0.466. The fourth-order valence-electron chi connectivity index (χ4n) is 4.69. The monoisotopic (exact) mass is 520 g/mol. The van der Waals surface area contributed by atoms with Gasteiger partial charge in [-0.1, -0.05) is 18.2 Å². The summed E-state index contributed by atoms with van der Waals surface area (Å²) in [6, 6.07) is 13.7. The van der Waals surface area contributed by atoms with Crippen LogP contribution in [-0.2, 0) is 4.79 Å². The summed E-state index contributed by atoms with van der Waals surface area (Å²) in [6.07, 6.45) is 3.70. The average molecular weight is 521 g/mol. The molecule has 3 aromatic heterocycles. The average Bonchev–Trinajstić information content (AvgIpc) is 3.58. The van der Waals surface area contributed by atoms with Gasteiger partial charge in [0.05, 0.1) is 23.5 Å². The van der Waals surface area contributed by atoms with E-state index in [0.29, 0.717) is 11.7 Å². The van der Waals surface area contributed by atoms with E-state index in [4.69, 9.17) is 12.2 Å². The number of aryl methyl sites for hydroxylation is 1. The molecular formula is C26H25FN6OS2. The standard InChI is InChI=1S/C26H25FN6OS2/c1-16-15-18(17(2)33(16)26-29-12-14-36-26)24-23(21-9-5-6-11-28-21)31-25(35)32(24)13-10-22(34)30-20-8-4-3-7-19(20)27/h3-9,11-12,14-15,23-24H,10,13H2,1-2H3,(H,30,34)(H,31,35)/t23-,24+/m0/s1. The van der Waals surface area contributed by atoms with Crippen molar-refractivity contribution in [3.63, 3.8) is 0 Å². The zero-order valence-corrected chi connectivity index (χ0v) is 21.4. The lowest BCUT2D eigenvalue weighted by molar-refractivity contribution is -0.116. The molecule has 1 aromatic carbocycles. The molecule has 1 saturated heterocycles. The van der Waals surface area contributed by atoms with Crippen LogP contribution >= 0.6 is 23.6 Å². The molecule has 7 nitrogen and oxygen atoms in total. The van der Waals surface area contributed by atoms with Crippen molar-refractivity contribution in [2.45, 2.75) is 32.4 Å². The van der Waals surface area contributed by atoms with E-state index in [1.165, 1.54) is 6.07 Å². The quantitative estimate of drug-likeness (QED) is 0.331. The molecule has 0 saturated carbocycles. The van der Waals surface area contributed by atoms with Gasteiger partial charge in [0.15, 0.2) is 10.2 Å². The number of hydrogen-bond acceptors (Lipinski definition) is 5. The van der Waals surface area contributed by atoms with Gasteiger partial charge in [0.25, 0.3) is 0 Å². The van der Waals surface area contributed by atoms with Crippen molar-refractivity contribution in [1.29, 1.82) is 0 Å². The molecule has 0 unspecified atom stereocenters. The zero-order chi connectivity index (χ0) is 25.2. The minimum Gasteiger partial charge on any atom is -0.352 e. The smallest absolute Gasteiger partial charge is 0.226 e. The van der Waals surface area contributed by atoms with Gasteiger partial charge in [-0.2, -0.15) is 0 Å². The predicted molar refractivity (Wildman–Crippen MR) is 143 cm³/mol. The highest BCUT2D eigenvalue weighted by molar-refractivity contribution is 7.80. The van der Waals surface area contributed by atoms with Crippen molar-refractivity contribution >= 4 is 40.3 Å². The number of halogens is 1. The molecule has 5 rings (SSSR count). The molecule has 0 radical (unpaired) electrons. The van der Waals surface area contributed by atoms with Crippen LogP contribution in [0.5, 0.6) is 0 Å². The van der Waals surface area contributed by atoms with Gasteiger partial charge < -0.3 is 15.5 Å². The second kappa shape index (κ2) is 10.2. The van der Waals surface area contributed by atoms with E-state index in [-0.39, 0.29) is 30.1 Å². The van der Waals surface area contributed by atoms with Gasteiger partial charge in [-0.25, -0.2) is 9.37 Å². The molecule has 0 aliphatic carbocycles. The number of anilines is 1. The number of para-hydroxylation sites is 1. The summed E-state index contributed by atoms with van der Waals surface area (Å²) in [5, 5.41) is 9.49. The van der Waals surface area contributed by atoms with Gasteiger partial charge in [-0.15, -0.1) is 11.3 Å². The first-order valence-electron chi connectivity index (χ1n) is 11.5. The summed E-state index contributed by atoms with van der Waals surface area (Å²) in [5.74, 6) is -0.747. The Labute approximate surface area is 218 Å². The highest BCUT2D eigenvalue weighted by Gasteiger charge is 2.41. The van der Waals surface area contributed by atoms with Crippen molar-refractivity contribution in [2.24, 2.45) is 0 Å². The van der Waals surface area contributed by atoms with Gasteiger partial charge in [0.2, 0.25) is 5.91 Å². The first-order chi connectivity index (χ1) is 17.4. The van der Waals surface area contributed by atoms with Crippen LogP contribution in [0.1, 0.15) is 41.1 Å². The number of thiocarbonyl (C=S) groups is 1. The fraction of sp³-hybridized carbons (Fsp3) is 0.231. The van der Waals surface area contributed by atoms with Gasteiger partial charge in [0, 0.05) is 42.1 Å². The van der Waals surface area contributed by atoms with Crippen LogP contribution in [-0.4, -0.2) is 37.0 Å². The van der Waals surface area contributed by atoms with Crippen LogP contribution in [0.25, 0.3) is 5.13 Å². The second-order valence-corrected chi connectivity index (χ2v) is 9.83. The van der Waals surface area contributed by atoms with Crippen molar-refractivity contribution in [3.8, 4) is 5.13 Å². The second-order valence-electron chi connectivity index (χ2n) is 8.57. The number of pyridine rings is 1. The first-order valence-corrected chi connectivity index (χ1v) is 12.8. The molecule has 1 amide bonds. The number of nitrogens with zero attached hydrogens (tertiary/aromatic N) is 4. The molecule has 0 bridgehead atoms. The number of aromatic nitrogens is 3. The number of rotatable bonds is 7. The maximum Gasteiger partial charge on any atom is 0.226 e. The molecule has 36 heavy (non-hydrogen) atoms. The number of carbonyl (C=O) groups is 1. The third kappa shape index (κ3) is 4.61. The van der Waals surface area contributed by atoms with E-state index >= 15 is 0 Å². The number of carbonyl (C=O) groups excluding carboxylic acids is 1. The Morgan fingerprint density at radius 3 is 2.69 bits per heavy atom. The Balaban J connectivity index is 1.46. The van der Waals surface area contributed by atoms with Gasteiger partial charge >= 0.3 is 0 Å². The third-order valence-electron chi connectivity index (χ3n) is 6.32. The van der Waals surface area contributed by atoms with Crippen molar-refractivity contribution in [3.05, 3.63) is 94.8 Å². The number of benzene rings is 1. The van der Waals surface area contributed by atoms with E-state index in [1.54, 1.807) is 41.9 Å². The van der Waals surface area contributed by atoms with Crippen LogP contribution in [0.4, 0.5) is 10.1 Å². The van der Waals surface area contributed by atoms with E-state index in [2.05, 4.69) is 45.1 Å². The summed E-state index contributed by atoms with van der Waals surface area (Å²) in [4.78, 5) is 23.8. The lowest BCUT2D eigenvalue weighted by atomic mass is 9.96. The summed E-state index contributed by atoms with van der Waals surface area (Å²) >= 11 is 7.31. The Hall–Kier alpha value is -3.63. The van der Waals surface area contributed by atoms with Crippen LogP contribution in [0, 0.1) is 19.7 Å². The predicted octanol–water partition coefficient (Wildman–Crippen LogP) is 5.09. The number of amides is 1. The van der Waals surface area contributed by atoms with Crippen LogP contribution in [0.3, 0.4) is 0 Å². The van der Waals surface area contributed by atoms with Gasteiger partial charge in [-0.3, -0.25) is 14.3 Å². The molecule has 10 heteroatoms. The molecule has 184 valence electrons. The normalized spacial score (nSPS) is 17.3. The van der Waals surface area contributed by atoms with E-state index in [1.807, 2.05) is 28.5 Å². The van der Waals surface area contributed by atoms with Gasteiger partial charge in [0.1, 0.15) is 5.82 Å². The lowest BCUT2D eigenvalue weighted by Crippen LogP contribution is -2.33. The minimum absolute atomic E-state index is 0.146. The lowest BCUT2D eigenvalue weighted by Gasteiger charge is -2.28. The highest BCUT2D eigenvalue weighted by Crippen LogP contribution is 2.41. The maximum atomic E-state index is 14.0. The van der Waals surface area contributed by atoms with Crippen LogP contribution < -0.4 is 10.6 Å². The van der Waals surface area contributed by atoms with E-state index in [0.717, 1.165) is 27.8 Å². The summed E-state index contributed by atoms with van der Waals surface area (Å²) in [6.45, 7) is 4.49. The molecular weight excluding hydrogens is 495 g/mol. The third-order valence-corrected chi connectivity index (χ3v) is 7.43. The van der Waals surface area contributed by atoms with Crippen molar-refractivity contribution < 1.29 is 9.18 Å². The number of hydrogen-bond donors (Lipinski definition) is 2. The summed E-state index contributed by atoms with van der Waals surface area (Å²) < 4.78 is 16.1. The molecule has 1 aliphatic rings. The Morgan fingerprint density at radius 1 is 1.17 bits per heavy atom. The zero-order valence-electron chi connectivity index (χ0n) is 19.8. The topological polar surface area (TPSA) is 75.1 Å². The van der Waals surface area contributed by atoms with Gasteiger partial charge in [-0.05, 0) is 62.0 Å². The Kier molecular flexibility index (Phi) is 6.80. The van der Waals surface area contributed by atoms with Crippen molar-refractivity contribution in [1.82, 2.24) is 24.8 Å². The van der Waals surface area contributed by atoms with Crippen molar-refractivity contribution in [2.75, 3.05) is 11.9 Å². The van der Waals surface area contributed by atoms with Crippen LogP contribution in [0.15, 0.2) is 66.3 Å². The first kappa shape index (κ1) is 24.1. The largest absolute Gasteiger partial charge is 0.352 e. The SMILES string of the molecule is Cc1cc([C@@H]2[C@H](c3ccccn3)NC(=S)N2CCC(=O)Nc2ccccc2F)c(C)n1-c1nccs1. The van der Waals surface area contributed by atoms with Crippen LogP contribution in [0.2, 0.25) is 0 Å². The fourth-order valence-corrected chi connectivity index (χ4v) is 5.77. The summed E-state index contributed by atoms with van der Waals surface area (Å²) in [5.41, 5.74) is 4.23. The molecule has 4 aromatic rings. The van der Waals surface area contributed by atoms with E-state index < -0.39 is 5.82 Å². The maximum absolute atomic E-state index is 14.0. The molecule has 2 N–H and O–H groups in total.